The topological polar surface area (TPSA) is 60.7 Å². The molecule has 0 aliphatic carbocycles. The summed E-state index contributed by atoms with van der Waals surface area (Å²) in [7, 11) is 0. The Morgan fingerprint density at radius 1 is 1.03 bits per heavy atom. The number of halogens is 1. The molecule has 0 spiro atoms. The van der Waals surface area contributed by atoms with Crippen molar-refractivity contribution in [2.24, 2.45) is 0 Å². The fourth-order valence-corrected chi connectivity index (χ4v) is 3.98. The van der Waals surface area contributed by atoms with Crippen LogP contribution >= 0.6 is 11.8 Å². The molecule has 0 saturated carbocycles. The van der Waals surface area contributed by atoms with Crippen LogP contribution in [0.3, 0.4) is 0 Å². The number of aromatic nitrogens is 4. The van der Waals surface area contributed by atoms with E-state index in [4.69, 9.17) is 0 Å². The molecule has 0 N–H and O–H groups in total. The highest BCUT2D eigenvalue weighted by Crippen LogP contribution is 2.29. The van der Waals surface area contributed by atoms with Crippen LogP contribution < -0.4 is 0 Å². The lowest BCUT2D eigenvalue weighted by atomic mass is 10.1. The molecule has 150 valence electrons. The van der Waals surface area contributed by atoms with E-state index in [0.29, 0.717) is 23.1 Å². The highest BCUT2D eigenvalue weighted by atomic mass is 32.2. The van der Waals surface area contributed by atoms with Gasteiger partial charge >= 0.3 is 0 Å². The molecule has 4 rings (SSSR count). The molecule has 4 aromatic rings. The lowest BCUT2D eigenvalue weighted by Crippen LogP contribution is -2.15. The molecule has 2 aromatic carbocycles. The van der Waals surface area contributed by atoms with Crippen molar-refractivity contribution < 1.29 is 9.18 Å². The first-order chi connectivity index (χ1) is 14.6. The minimum atomic E-state index is -0.407. The monoisotopic (exact) mass is 418 g/mol. The van der Waals surface area contributed by atoms with Crippen molar-refractivity contribution in [3.63, 3.8) is 0 Å². The van der Waals surface area contributed by atoms with Crippen molar-refractivity contribution in [2.45, 2.75) is 23.9 Å². The number of pyridine rings is 1. The molecule has 0 bridgehead atoms. The summed E-state index contributed by atoms with van der Waals surface area (Å²) >= 11 is 1.34. The van der Waals surface area contributed by atoms with E-state index in [-0.39, 0.29) is 11.6 Å². The van der Waals surface area contributed by atoms with E-state index >= 15 is 0 Å². The van der Waals surface area contributed by atoms with Crippen molar-refractivity contribution in [1.82, 2.24) is 19.7 Å². The fraction of sp³-hybridized carbons (Fsp3) is 0.130. The molecular weight excluding hydrogens is 399 g/mol. The van der Waals surface area contributed by atoms with Gasteiger partial charge in [-0.2, -0.15) is 0 Å². The summed E-state index contributed by atoms with van der Waals surface area (Å²) in [6, 6.07) is 19.4. The van der Waals surface area contributed by atoms with Crippen molar-refractivity contribution in [2.75, 3.05) is 0 Å². The molecule has 0 unspecified atom stereocenters. The van der Waals surface area contributed by atoms with E-state index in [1.54, 1.807) is 12.4 Å². The maximum absolute atomic E-state index is 13.2. The first-order valence-electron chi connectivity index (χ1n) is 9.46. The minimum Gasteiger partial charge on any atom is -0.297 e. The average molecular weight is 418 g/mol. The second-order valence-corrected chi connectivity index (χ2v) is 8.06. The molecule has 1 atom stereocenters. The second-order valence-electron chi connectivity index (χ2n) is 6.75. The number of hydrogen-bond donors (Lipinski definition) is 0. The minimum absolute atomic E-state index is 0.0859. The lowest BCUT2D eigenvalue weighted by Gasteiger charge is -2.13. The van der Waals surface area contributed by atoms with Gasteiger partial charge in [0.05, 0.1) is 11.8 Å². The maximum Gasteiger partial charge on any atom is 0.192 e. The van der Waals surface area contributed by atoms with Crippen molar-refractivity contribution in [3.8, 4) is 11.4 Å². The SMILES string of the molecule is C[C@@H](Sc1nnc(-c2cccnc2)n1Cc1ccccc1)C(=O)c1ccc(F)cc1. The number of rotatable bonds is 7. The van der Waals surface area contributed by atoms with Crippen LogP contribution in [0.4, 0.5) is 4.39 Å². The number of hydrogen-bond acceptors (Lipinski definition) is 5. The highest BCUT2D eigenvalue weighted by molar-refractivity contribution is 8.00. The molecule has 2 heterocycles. The van der Waals surface area contributed by atoms with Crippen LogP contribution in [0.25, 0.3) is 11.4 Å². The van der Waals surface area contributed by atoms with E-state index < -0.39 is 5.25 Å². The van der Waals surface area contributed by atoms with E-state index in [9.17, 15) is 9.18 Å². The van der Waals surface area contributed by atoms with E-state index in [0.717, 1.165) is 11.1 Å². The number of benzene rings is 2. The average Bonchev–Trinajstić information content (AvgIpc) is 3.17. The molecule has 0 radical (unpaired) electrons. The van der Waals surface area contributed by atoms with Gasteiger partial charge in [0.15, 0.2) is 16.8 Å². The van der Waals surface area contributed by atoms with Gasteiger partial charge in [-0.25, -0.2) is 4.39 Å². The normalized spacial score (nSPS) is 11.9. The molecule has 30 heavy (non-hydrogen) atoms. The van der Waals surface area contributed by atoms with Crippen molar-refractivity contribution in [3.05, 3.63) is 96.1 Å². The van der Waals surface area contributed by atoms with Gasteiger partial charge in [-0.15, -0.1) is 10.2 Å². The standard InChI is InChI=1S/C23H19FN4OS/c1-16(21(29)18-9-11-20(24)12-10-18)30-23-27-26-22(19-8-5-13-25-14-19)28(23)15-17-6-3-2-4-7-17/h2-14,16H,15H2,1H3/t16-/m1/s1. The van der Waals surface area contributed by atoms with Gasteiger partial charge in [0.25, 0.3) is 0 Å². The summed E-state index contributed by atoms with van der Waals surface area (Å²) in [5, 5.41) is 8.96. The van der Waals surface area contributed by atoms with Crippen LogP contribution in [0.5, 0.6) is 0 Å². The van der Waals surface area contributed by atoms with E-state index in [1.807, 2.05) is 54.0 Å². The molecule has 0 amide bonds. The largest absolute Gasteiger partial charge is 0.297 e. The number of carbonyl (C=O) groups excluding carboxylic acids is 1. The Bertz CT molecular complexity index is 1130. The quantitative estimate of drug-likeness (QED) is 0.316. The number of ketones is 1. The molecule has 2 aromatic heterocycles. The first kappa shape index (κ1) is 20.0. The molecular formula is C23H19FN4OS. The van der Waals surface area contributed by atoms with Gasteiger partial charge in [0.2, 0.25) is 0 Å². The zero-order valence-corrected chi connectivity index (χ0v) is 17.1. The first-order valence-corrected chi connectivity index (χ1v) is 10.3. The number of thioether (sulfide) groups is 1. The van der Waals surface area contributed by atoms with Gasteiger partial charge in [0.1, 0.15) is 5.82 Å². The predicted molar refractivity (Wildman–Crippen MR) is 115 cm³/mol. The summed E-state index contributed by atoms with van der Waals surface area (Å²) in [6.45, 7) is 2.39. The summed E-state index contributed by atoms with van der Waals surface area (Å²) in [6.07, 6.45) is 3.45. The van der Waals surface area contributed by atoms with Crippen molar-refractivity contribution >= 4 is 17.5 Å². The predicted octanol–water partition coefficient (Wildman–Crippen LogP) is 4.89. The third kappa shape index (κ3) is 4.46. The molecule has 7 heteroatoms. The fourth-order valence-electron chi connectivity index (χ4n) is 3.05. The van der Waals surface area contributed by atoms with Crippen LogP contribution in [0.2, 0.25) is 0 Å². The van der Waals surface area contributed by atoms with Crippen molar-refractivity contribution in [1.29, 1.82) is 0 Å². The van der Waals surface area contributed by atoms with Gasteiger partial charge < -0.3 is 0 Å². The summed E-state index contributed by atoms with van der Waals surface area (Å²) in [5.74, 6) is 0.239. The van der Waals surface area contributed by atoms with Gasteiger partial charge in [-0.05, 0) is 48.9 Å². The molecule has 0 aliphatic rings. The van der Waals surface area contributed by atoms with Crippen LogP contribution in [-0.2, 0) is 6.54 Å². The third-order valence-corrected chi connectivity index (χ3v) is 5.68. The zero-order valence-electron chi connectivity index (χ0n) is 16.3. The Morgan fingerprint density at radius 2 is 1.80 bits per heavy atom. The Hall–Kier alpha value is -3.32. The number of carbonyl (C=O) groups is 1. The zero-order chi connectivity index (χ0) is 20.9. The Kier molecular flexibility index (Phi) is 5.99. The molecule has 5 nitrogen and oxygen atoms in total. The smallest absolute Gasteiger partial charge is 0.192 e. The maximum atomic E-state index is 13.2. The van der Waals surface area contributed by atoms with Gasteiger partial charge in [0, 0.05) is 23.5 Å². The van der Waals surface area contributed by atoms with Crippen LogP contribution in [-0.4, -0.2) is 30.8 Å². The van der Waals surface area contributed by atoms with Crippen LogP contribution in [0, 0.1) is 5.82 Å². The number of nitrogens with zero attached hydrogens (tertiary/aromatic N) is 4. The molecule has 0 saturated heterocycles. The summed E-state index contributed by atoms with van der Waals surface area (Å²) < 4.78 is 15.2. The molecule has 0 fully saturated rings. The molecule has 0 aliphatic heterocycles. The third-order valence-electron chi connectivity index (χ3n) is 4.60. The lowest BCUT2D eigenvalue weighted by molar-refractivity contribution is 0.0994. The summed E-state index contributed by atoms with van der Waals surface area (Å²) in [4.78, 5) is 17.0. The Labute approximate surface area is 178 Å². The number of Topliss-reactive ketones (excluding diaryl/α,β-unsaturated/α-hetero) is 1. The Balaban J connectivity index is 1.64. The van der Waals surface area contributed by atoms with Crippen LogP contribution in [0.1, 0.15) is 22.8 Å². The van der Waals surface area contributed by atoms with Gasteiger partial charge in [-0.3, -0.25) is 14.3 Å². The van der Waals surface area contributed by atoms with E-state index in [1.165, 1.54) is 36.0 Å². The van der Waals surface area contributed by atoms with Gasteiger partial charge in [-0.1, -0.05) is 42.1 Å². The highest BCUT2D eigenvalue weighted by Gasteiger charge is 2.22. The van der Waals surface area contributed by atoms with Crippen LogP contribution in [0.15, 0.2) is 84.3 Å². The Morgan fingerprint density at radius 3 is 2.50 bits per heavy atom. The second kappa shape index (κ2) is 9.00. The summed E-state index contributed by atoms with van der Waals surface area (Å²) in [5.41, 5.74) is 2.42. The van der Waals surface area contributed by atoms with E-state index in [2.05, 4.69) is 15.2 Å².